The number of halogens is 1. The van der Waals surface area contributed by atoms with E-state index in [0.29, 0.717) is 37.0 Å². The zero-order valence-electron chi connectivity index (χ0n) is 21.9. The largest absolute Gasteiger partial charge is 0.454 e. The van der Waals surface area contributed by atoms with Gasteiger partial charge in [-0.05, 0) is 74.9 Å². The van der Waals surface area contributed by atoms with E-state index in [4.69, 9.17) is 4.74 Å². The minimum Gasteiger partial charge on any atom is -0.454 e. The fraction of sp³-hybridized carbons (Fsp3) is 0.621. The normalized spacial score (nSPS) is 44.4. The fourth-order valence-electron chi connectivity index (χ4n) is 8.29. The number of Topliss-reactive ketones (excluding diaryl/α,β-unsaturated/α-hetero) is 1. The Morgan fingerprint density at radius 1 is 1.27 bits per heavy atom. The number of alkyl halides is 1. The maximum Gasteiger partial charge on any atom is 0.336 e. The number of rotatable bonds is 4. The highest BCUT2D eigenvalue weighted by Crippen LogP contribution is 2.70. The van der Waals surface area contributed by atoms with Crippen molar-refractivity contribution in [1.29, 1.82) is 0 Å². The summed E-state index contributed by atoms with van der Waals surface area (Å²) in [4.78, 5) is 40.0. The summed E-state index contributed by atoms with van der Waals surface area (Å²) in [7, 11) is 1.82. The Bertz CT molecular complexity index is 1170. The van der Waals surface area contributed by atoms with E-state index in [9.17, 15) is 24.6 Å². The van der Waals surface area contributed by atoms with Crippen LogP contribution >= 0.6 is 0 Å². The molecule has 1 heterocycles. The van der Waals surface area contributed by atoms with Gasteiger partial charge in [0.25, 0.3) is 0 Å². The van der Waals surface area contributed by atoms with Crippen molar-refractivity contribution in [2.45, 2.75) is 63.8 Å². The summed E-state index contributed by atoms with van der Waals surface area (Å²) in [5.41, 5.74) is -5.07. The smallest absolute Gasteiger partial charge is 0.336 e. The molecule has 5 rings (SSSR count). The van der Waals surface area contributed by atoms with E-state index in [1.807, 2.05) is 18.1 Å². The zero-order chi connectivity index (χ0) is 27.0. The monoisotopic (exact) mass is 513 g/mol. The number of hydrogen-bond donors (Lipinski definition) is 2. The topological polar surface area (TPSA) is 104 Å². The second kappa shape index (κ2) is 8.46. The molecule has 0 bridgehead atoms. The molecule has 1 aliphatic heterocycles. The lowest BCUT2D eigenvalue weighted by Gasteiger charge is -2.62. The summed E-state index contributed by atoms with van der Waals surface area (Å²) in [6.07, 6.45) is 9.38. The second-order valence-corrected chi connectivity index (χ2v) is 12.1. The summed E-state index contributed by atoms with van der Waals surface area (Å²) in [6.45, 7) is 5.03. The molecule has 3 fully saturated rings. The summed E-state index contributed by atoms with van der Waals surface area (Å²) in [6, 6.07) is 0. The Morgan fingerprint density at radius 3 is 2.70 bits per heavy atom. The Balaban J connectivity index is 1.42. The van der Waals surface area contributed by atoms with Crippen molar-refractivity contribution in [2.75, 3.05) is 20.2 Å². The Hall–Kier alpha value is -2.58. The average Bonchev–Trinajstić information content (AvgIpc) is 3.05. The van der Waals surface area contributed by atoms with Crippen molar-refractivity contribution in [2.24, 2.45) is 28.6 Å². The fourth-order valence-corrected chi connectivity index (χ4v) is 8.29. The van der Waals surface area contributed by atoms with Gasteiger partial charge >= 0.3 is 5.97 Å². The number of likely N-dealkylation sites (N-methyl/N-ethyl adjacent to an activating group) is 1. The first-order chi connectivity index (χ1) is 17.3. The molecule has 5 aliphatic rings. The first-order valence-electron chi connectivity index (χ1n) is 13.1. The number of hydrogen-bond acceptors (Lipinski definition) is 7. The van der Waals surface area contributed by atoms with E-state index >= 15 is 4.39 Å². The molecule has 0 spiro atoms. The van der Waals surface area contributed by atoms with Gasteiger partial charge in [-0.25, -0.2) is 9.18 Å². The summed E-state index contributed by atoms with van der Waals surface area (Å²) >= 11 is 0. The number of fused-ring (bicyclic) bond motifs is 5. The number of aliphatic hydroxyl groups is 2. The molecule has 0 amide bonds. The predicted molar refractivity (Wildman–Crippen MR) is 134 cm³/mol. The third-order valence-corrected chi connectivity index (χ3v) is 10.3. The van der Waals surface area contributed by atoms with Gasteiger partial charge in [-0.15, -0.1) is 0 Å². The summed E-state index contributed by atoms with van der Waals surface area (Å²) in [5.74, 6) is -2.92. The SMILES string of the molecule is C[C@@H]1C[C@H]2[C@@H]3CCC4=CC(=O)C=C[C@]4(C)[C@@]3(F)[C@@H](O)C[C@]2(C)[C@@]1(O)C(=O)COC(=O)C1=CC=CN(C)C1. The van der Waals surface area contributed by atoms with Crippen molar-refractivity contribution in [3.63, 3.8) is 0 Å². The molecule has 4 aliphatic carbocycles. The summed E-state index contributed by atoms with van der Waals surface area (Å²) in [5, 5.41) is 23.4. The Kier molecular flexibility index (Phi) is 5.96. The first-order valence-corrected chi connectivity index (χ1v) is 13.1. The predicted octanol–water partition coefficient (Wildman–Crippen LogP) is 2.83. The van der Waals surface area contributed by atoms with Crippen molar-refractivity contribution in [3.8, 4) is 0 Å². The van der Waals surface area contributed by atoms with E-state index in [1.54, 1.807) is 39.0 Å². The summed E-state index contributed by atoms with van der Waals surface area (Å²) < 4.78 is 22.6. The molecule has 8 heteroatoms. The quantitative estimate of drug-likeness (QED) is 0.557. The highest BCUT2D eigenvalue weighted by molar-refractivity contribution is 6.01. The van der Waals surface area contributed by atoms with Crippen LogP contribution in [0.15, 0.2) is 47.7 Å². The molecule has 0 unspecified atom stereocenters. The van der Waals surface area contributed by atoms with Crippen LogP contribution < -0.4 is 0 Å². The lowest BCUT2D eigenvalue weighted by Crippen LogP contribution is -2.69. The van der Waals surface area contributed by atoms with Gasteiger partial charge in [0.05, 0.1) is 11.7 Å². The van der Waals surface area contributed by atoms with Gasteiger partial charge in [0, 0.05) is 30.3 Å². The molecular formula is C29H36FNO6. The van der Waals surface area contributed by atoms with E-state index in [0.717, 1.165) is 0 Å². The number of ether oxygens (including phenoxy) is 1. The molecule has 0 saturated heterocycles. The number of ketones is 2. The third-order valence-electron chi connectivity index (χ3n) is 10.3. The highest BCUT2D eigenvalue weighted by atomic mass is 19.1. The Labute approximate surface area is 216 Å². The van der Waals surface area contributed by atoms with Crippen molar-refractivity contribution < 1.29 is 33.7 Å². The molecule has 0 radical (unpaired) electrons. The molecule has 7 nitrogen and oxygen atoms in total. The van der Waals surface area contributed by atoms with Crippen LogP contribution in [0.1, 0.15) is 46.5 Å². The Morgan fingerprint density at radius 2 is 2.00 bits per heavy atom. The molecule has 3 saturated carbocycles. The van der Waals surface area contributed by atoms with Crippen molar-refractivity contribution >= 4 is 17.5 Å². The van der Waals surface area contributed by atoms with Gasteiger partial charge in [-0.3, -0.25) is 9.59 Å². The number of esters is 1. The maximum absolute atomic E-state index is 17.2. The van der Waals surface area contributed by atoms with E-state index in [2.05, 4.69) is 0 Å². The van der Waals surface area contributed by atoms with Gasteiger partial charge < -0.3 is 19.8 Å². The standard InChI is InChI=1S/C29H36FNO6/c1-17-12-22-21-8-7-19-13-20(32)9-10-26(19,2)28(21,30)23(33)14-27(22,3)29(17,36)24(34)16-37-25(35)18-6-5-11-31(4)15-18/h5-6,9-11,13,17,21-23,33,36H,7-8,12,14-16H2,1-4H3/t17-,21+,22+,23+,26+,27+,28+,29+/m1/s1. The van der Waals surface area contributed by atoms with Crippen LogP contribution in [0.4, 0.5) is 4.39 Å². The highest BCUT2D eigenvalue weighted by Gasteiger charge is 2.75. The van der Waals surface area contributed by atoms with Crippen LogP contribution in [0.25, 0.3) is 0 Å². The minimum absolute atomic E-state index is 0.114. The van der Waals surface area contributed by atoms with Crippen molar-refractivity contribution in [1.82, 2.24) is 4.90 Å². The van der Waals surface area contributed by atoms with Crippen LogP contribution in [-0.2, 0) is 19.1 Å². The number of nitrogens with zero attached hydrogens (tertiary/aromatic N) is 1. The molecule has 0 aromatic carbocycles. The molecule has 37 heavy (non-hydrogen) atoms. The van der Waals surface area contributed by atoms with Gasteiger partial charge in [0.15, 0.2) is 18.1 Å². The van der Waals surface area contributed by atoms with Gasteiger partial charge in [-0.1, -0.05) is 25.5 Å². The molecule has 200 valence electrons. The number of carbonyl (C=O) groups is 3. The lowest BCUT2D eigenvalue weighted by molar-refractivity contribution is -0.219. The van der Waals surface area contributed by atoms with E-state index < -0.39 is 58.4 Å². The van der Waals surface area contributed by atoms with Crippen LogP contribution in [0.2, 0.25) is 0 Å². The van der Waals surface area contributed by atoms with Gasteiger partial charge in [0.2, 0.25) is 5.78 Å². The van der Waals surface area contributed by atoms with E-state index in [1.165, 1.54) is 12.2 Å². The van der Waals surface area contributed by atoms with E-state index in [-0.39, 0.29) is 18.1 Å². The molecule has 0 aromatic rings. The van der Waals surface area contributed by atoms with Crippen LogP contribution in [0.5, 0.6) is 0 Å². The number of carbonyl (C=O) groups excluding carboxylic acids is 3. The lowest BCUT2D eigenvalue weighted by atomic mass is 9.44. The van der Waals surface area contributed by atoms with Crippen LogP contribution in [0.3, 0.4) is 0 Å². The van der Waals surface area contributed by atoms with Gasteiger partial charge in [-0.2, -0.15) is 0 Å². The molecule has 8 atom stereocenters. The zero-order valence-corrected chi connectivity index (χ0v) is 21.9. The minimum atomic E-state index is -2.04. The van der Waals surface area contributed by atoms with Gasteiger partial charge in [0.1, 0.15) is 5.60 Å². The average molecular weight is 514 g/mol. The molecular weight excluding hydrogens is 477 g/mol. The molecule has 2 N–H and O–H groups in total. The number of aliphatic hydroxyl groups excluding tert-OH is 1. The number of allylic oxidation sites excluding steroid dienone is 6. The van der Waals surface area contributed by atoms with Crippen LogP contribution in [-0.4, -0.2) is 70.2 Å². The van der Waals surface area contributed by atoms with Crippen LogP contribution in [0, 0.1) is 28.6 Å². The maximum atomic E-state index is 17.2. The second-order valence-electron chi connectivity index (χ2n) is 12.1. The first kappa shape index (κ1) is 26.0. The third kappa shape index (κ3) is 3.41. The molecule has 0 aromatic heterocycles. The van der Waals surface area contributed by atoms with Crippen molar-refractivity contribution in [3.05, 3.63) is 47.7 Å².